The molecule has 6 heteroatoms. The SMILES string of the molecule is COc1cc(OC)cc(-c2cc(Cl)nnc2N)c1. The van der Waals surface area contributed by atoms with Crippen molar-refractivity contribution in [1.29, 1.82) is 0 Å². The molecule has 0 amide bonds. The number of hydrogen-bond donors (Lipinski definition) is 1. The van der Waals surface area contributed by atoms with E-state index in [1.165, 1.54) is 0 Å². The summed E-state index contributed by atoms with van der Waals surface area (Å²) in [5, 5.41) is 7.74. The lowest BCUT2D eigenvalue weighted by Crippen LogP contribution is -1.97. The standard InChI is InChI=1S/C12H12ClN3O2/c1-17-8-3-7(4-9(5-8)18-2)10-6-11(13)15-16-12(10)14/h3-6H,1-2H3,(H2,14,16). The molecule has 2 rings (SSSR count). The molecule has 0 aliphatic heterocycles. The number of hydrogen-bond acceptors (Lipinski definition) is 5. The molecule has 0 aliphatic carbocycles. The first-order valence-corrected chi connectivity index (χ1v) is 5.54. The van der Waals surface area contributed by atoms with E-state index in [-0.39, 0.29) is 5.15 Å². The molecular formula is C12H12ClN3O2. The van der Waals surface area contributed by atoms with Gasteiger partial charge in [0.1, 0.15) is 11.5 Å². The van der Waals surface area contributed by atoms with Gasteiger partial charge in [0.15, 0.2) is 11.0 Å². The lowest BCUT2D eigenvalue weighted by atomic mass is 10.1. The first-order chi connectivity index (χ1) is 8.63. The number of rotatable bonds is 3. The van der Waals surface area contributed by atoms with Crippen LogP contribution in [0.4, 0.5) is 5.82 Å². The Hall–Kier alpha value is -2.01. The molecule has 5 nitrogen and oxygen atoms in total. The van der Waals surface area contributed by atoms with E-state index in [0.29, 0.717) is 22.9 Å². The van der Waals surface area contributed by atoms with Crippen molar-refractivity contribution in [3.05, 3.63) is 29.4 Å². The second kappa shape index (κ2) is 5.10. The van der Waals surface area contributed by atoms with Gasteiger partial charge in [0.05, 0.1) is 14.2 Å². The number of halogens is 1. The smallest absolute Gasteiger partial charge is 0.154 e. The zero-order valence-corrected chi connectivity index (χ0v) is 10.7. The molecule has 0 saturated carbocycles. The normalized spacial score (nSPS) is 10.2. The number of nitrogens with two attached hydrogens (primary N) is 1. The van der Waals surface area contributed by atoms with E-state index in [9.17, 15) is 0 Å². The average molecular weight is 266 g/mol. The third kappa shape index (κ3) is 2.46. The Morgan fingerprint density at radius 1 is 1.00 bits per heavy atom. The predicted molar refractivity (Wildman–Crippen MR) is 70.0 cm³/mol. The monoisotopic (exact) mass is 265 g/mol. The summed E-state index contributed by atoms with van der Waals surface area (Å²) in [6.07, 6.45) is 0. The molecule has 0 unspecified atom stereocenters. The number of ether oxygens (including phenoxy) is 2. The summed E-state index contributed by atoms with van der Waals surface area (Å²) >= 11 is 5.82. The van der Waals surface area contributed by atoms with Gasteiger partial charge < -0.3 is 15.2 Å². The van der Waals surface area contributed by atoms with Crippen molar-refractivity contribution in [2.45, 2.75) is 0 Å². The van der Waals surface area contributed by atoms with Crippen LogP contribution in [0.3, 0.4) is 0 Å². The molecule has 0 bridgehead atoms. The number of benzene rings is 1. The minimum Gasteiger partial charge on any atom is -0.497 e. The van der Waals surface area contributed by atoms with Crippen molar-refractivity contribution in [3.8, 4) is 22.6 Å². The van der Waals surface area contributed by atoms with Crippen molar-refractivity contribution in [1.82, 2.24) is 10.2 Å². The largest absolute Gasteiger partial charge is 0.497 e. The van der Waals surface area contributed by atoms with Gasteiger partial charge >= 0.3 is 0 Å². The van der Waals surface area contributed by atoms with Crippen molar-refractivity contribution in [3.63, 3.8) is 0 Å². The average Bonchev–Trinajstić information content (AvgIpc) is 2.40. The Labute approximate surface area is 109 Å². The third-order valence-corrected chi connectivity index (χ3v) is 2.64. The van der Waals surface area contributed by atoms with Gasteiger partial charge in [-0.2, -0.15) is 0 Å². The van der Waals surface area contributed by atoms with E-state index in [2.05, 4.69) is 10.2 Å². The highest BCUT2D eigenvalue weighted by molar-refractivity contribution is 6.29. The van der Waals surface area contributed by atoms with Crippen LogP contribution < -0.4 is 15.2 Å². The Morgan fingerprint density at radius 3 is 2.17 bits per heavy atom. The van der Waals surface area contributed by atoms with Crippen molar-refractivity contribution in [2.75, 3.05) is 20.0 Å². The summed E-state index contributed by atoms with van der Waals surface area (Å²) in [5.74, 6) is 1.63. The molecule has 0 spiro atoms. The summed E-state index contributed by atoms with van der Waals surface area (Å²) in [4.78, 5) is 0. The van der Waals surface area contributed by atoms with Crippen molar-refractivity contribution >= 4 is 17.4 Å². The van der Waals surface area contributed by atoms with Gasteiger partial charge in [-0.3, -0.25) is 0 Å². The molecule has 94 valence electrons. The number of nitrogen functional groups attached to an aromatic ring is 1. The lowest BCUT2D eigenvalue weighted by Gasteiger charge is -2.09. The molecule has 0 radical (unpaired) electrons. The Bertz CT molecular complexity index is 553. The van der Waals surface area contributed by atoms with Crippen LogP contribution in [0.15, 0.2) is 24.3 Å². The highest BCUT2D eigenvalue weighted by Crippen LogP contribution is 2.32. The van der Waals surface area contributed by atoms with Gasteiger partial charge in [0.25, 0.3) is 0 Å². The van der Waals surface area contributed by atoms with Gasteiger partial charge in [0.2, 0.25) is 0 Å². The summed E-state index contributed by atoms with van der Waals surface area (Å²) in [6, 6.07) is 7.08. The van der Waals surface area contributed by atoms with Crippen molar-refractivity contribution < 1.29 is 9.47 Å². The van der Waals surface area contributed by atoms with E-state index in [1.54, 1.807) is 26.4 Å². The third-order valence-electron chi connectivity index (χ3n) is 2.46. The second-order valence-corrected chi connectivity index (χ2v) is 3.95. The van der Waals surface area contributed by atoms with Crippen LogP contribution in [0, 0.1) is 0 Å². The summed E-state index contributed by atoms with van der Waals surface area (Å²) in [6.45, 7) is 0. The number of anilines is 1. The minimum absolute atomic E-state index is 0.279. The first kappa shape index (κ1) is 12.4. The fourth-order valence-corrected chi connectivity index (χ4v) is 1.72. The minimum atomic E-state index is 0.279. The lowest BCUT2D eigenvalue weighted by molar-refractivity contribution is 0.394. The molecule has 0 atom stereocenters. The first-order valence-electron chi connectivity index (χ1n) is 5.16. The van der Waals surface area contributed by atoms with Crippen LogP contribution in [0.1, 0.15) is 0 Å². The van der Waals surface area contributed by atoms with E-state index in [4.69, 9.17) is 26.8 Å². The van der Waals surface area contributed by atoms with E-state index >= 15 is 0 Å². The fraction of sp³-hybridized carbons (Fsp3) is 0.167. The Morgan fingerprint density at radius 2 is 1.61 bits per heavy atom. The summed E-state index contributed by atoms with van der Waals surface area (Å²) in [5.41, 5.74) is 7.28. The Kier molecular flexibility index (Phi) is 3.53. The van der Waals surface area contributed by atoms with E-state index < -0.39 is 0 Å². The van der Waals surface area contributed by atoms with Crippen LogP contribution >= 0.6 is 11.6 Å². The number of nitrogens with zero attached hydrogens (tertiary/aromatic N) is 2. The molecule has 1 heterocycles. The Balaban J connectivity index is 2.58. The molecule has 1 aromatic carbocycles. The number of aromatic nitrogens is 2. The number of methoxy groups -OCH3 is 2. The summed E-state index contributed by atoms with van der Waals surface area (Å²) < 4.78 is 10.4. The maximum Gasteiger partial charge on any atom is 0.154 e. The highest BCUT2D eigenvalue weighted by Gasteiger charge is 2.09. The molecular weight excluding hydrogens is 254 g/mol. The van der Waals surface area contributed by atoms with Gasteiger partial charge in [-0.15, -0.1) is 10.2 Å². The molecule has 0 saturated heterocycles. The maximum absolute atomic E-state index is 5.82. The maximum atomic E-state index is 5.82. The zero-order chi connectivity index (χ0) is 13.1. The van der Waals surface area contributed by atoms with Crippen LogP contribution in [0.5, 0.6) is 11.5 Å². The van der Waals surface area contributed by atoms with Gasteiger partial charge in [0, 0.05) is 11.6 Å². The van der Waals surface area contributed by atoms with Crippen molar-refractivity contribution in [2.24, 2.45) is 0 Å². The van der Waals surface area contributed by atoms with E-state index in [1.807, 2.05) is 12.1 Å². The highest BCUT2D eigenvalue weighted by atomic mass is 35.5. The van der Waals surface area contributed by atoms with Gasteiger partial charge in [-0.1, -0.05) is 11.6 Å². The van der Waals surface area contributed by atoms with Crippen LogP contribution in [-0.2, 0) is 0 Å². The molecule has 2 aromatic rings. The van der Waals surface area contributed by atoms with Crippen LogP contribution in [0.25, 0.3) is 11.1 Å². The van der Waals surface area contributed by atoms with Gasteiger partial charge in [-0.05, 0) is 23.8 Å². The molecule has 0 fully saturated rings. The molecule has 1 aromatic heterocycles. The van der Waals surface area contributed by atoms with Crippen LogP contribution in [-0.4, -0.2) is 24.4 Å². The quantitative estimate of drug-likeness (QED) is 0.923. The van der Waals surface area contributed by atoms with Crippen LogP contribution in [0.2, 0.25) is 5.15 Å². The predicted octanol–water partition coefficient (Wildman–Crippen LogP) is 2.40. The topological polar surface area (TPSA) is 70.3 Å². The second-order valence-electron chi connectivity index (χ2n) is 3.57. The molecule has 0 aliphatic rings. The van der Waals surface area contributed by atoms with E-state index in [0.717, 1.165) is 5.56 Å². The van der Waals surface area contributed by atoms with Gasteiger partial charge in [-0.25, -0.2) is 0 Å². The molecule has 18 heavy (non-hydrogen) atoms. The molecule has 2 N–H and O–H groups in total. The fourth-order valence-electron chi connectivity index (χ4n) is 1.57. The zero-order valence-electron chi connectivity index (χ0n) is 9.98. The summed E-state index contributed by atoms with van der Waals surface area (Å²) in [7, 11) is 3.17.